The van der Waals surface area contributed by atoms with Crippen LogP contribution in [0, 0.1) is 4.78 Å². The van der Waals surface area contributed by atoms with Gasteiger partial charge in [-0.1, -0.05) is 109 Å². The number of fused-ring (bicyclic) bond motifs is 2. The Balaban J connectivity index is 1.35. The molecular formula is C36H37N3O5S. The van der Waals surface area contributed by atoms with E-state index in [9.17, 15) is 28.8 Å². The van der Waals surface area contributed by atoms with Crippen molar-refractivity contribution < 1.29 is 24.0 Å². The first-order valence-electron chi connectivity index (χ1n) is 15.2. The first kappa shape index (κ1) is 30.7. The van der Waals surface area contributed by atoms with E-state index in [1.807, 2.05) is 60.7 Å². The summed E-state index contributed by atoms with van der Waals surface area (Å²) in [6.07, 6.45) is -1.09. The van der Waals surface area contributed by atoms with Gasteiger partial charge in [-0.2, -0.15) is 0 Å². The maximum Gasteiger partial charge on any atom is 0.237 e. The molecule has 8 nitrogen and oxygen atoms in total. The predicted molar refractivity (Wildman–Crippen MR) is 173 cm³/mol. The van der Waals surface area contributed by atoms with Crippen LogP contribution in [0.1, 0.15) is 45.5 Å². The number of rotatable bonds is 10. The van der Waals surface area contributed by atoms with Crippen LogP contribution in [0.25, 0.3) is 0 Å². The molecule has 4 aromatic carbocycles. The molecule has 5 N–H and O–H groups in total. The van der Waals surface area contributed by atoms with Gasteiger partial charge in [0.25, 0.3) is 0 Å². The van der Waals surface area contributed by atoms with Crippen LogP contribution in [0.4, 0.5) is 0 Å². The fourth-order valence-corrected chi connectivity index (χ4v) is 8.64. The molecule has 0 aromatic heterocycles. The minimum absolute atomic E-state index is 0.0348. The molecule has 232 valence electrons. The molecule has 2 amide bonds. The third-order valence-corrected chi connectivity index (χ3v) is 11.4. The summed E-state index contributed by atoms with van der Waals surface area (Å²) in [6.45, 7) is 0. The largest absolute Gasteiger partial charge is 0.390 e. The van der Waals surface area contributed by atoms with Crippen molar-refractivity contribution in [1.29, 1.82) is 4.78 Å². The van der Waals surface area contributed by atoms with Crippen molar-refractivity contribution in [2.75, 3.05) is 0 Å². The van der Waals surface area contributed by atoms with Gasteiger partial charge in [0.05, 0.1) is 34.0 Å². The second-order valence-corrected chi connectivity index (χ2v) is 14.4. The van der Waals surface area contributed by atoms with Gasteiger partial charge >= 0.3 is 0 Å². The van der Waals surface area contributed by atoms with Crippen molar-refractivity contribution in [2.24, 2.45) is 0 Å². The van der Waals surface area contributed by atoms with Crippen LogP contribution in [-0.2, 0) is 45.0 Å². The molecule has 0 bridgehead atoms. The second-order valence-electron chi connectivity index (χ2n) is 11.9. The van der Waals surface area contributed by atoms with Crippen LogP contribution in [0.2, 0.25) is 0 Å². The summed E-state index contributed by atoms with van der Waals surface area (Å²) in [5.74, 6) is -1.31. The van der Waals surface area contributed by atoms with Crippen molar-refractivity contribution in [1.82, 2.24) is 10.6 Å². The SMILES string of the molecule is N=S(=O)(C(Cc1ccccc1)C(=O)N[C@H]1c2ccccc2C[C@H]1O)C(Cc1ccccc1)C(=O)N[C@H]1c2ccccc2C[C@H]1O. The van der Waals surface area contributed by atoms with Crippen LogP contribution in [0.5, 0.6) is 0 Å². The summed E-state index contributed by atoms with van der Waals surface area (Å²) in [7, 11) is -4.02. The molecule has 9 heteroatoms. The number of carbonyl (C=O) groups is 2. The Labute approximate surface area is 263 Å². The average molecular weight is 624 g/mol. The highest BCUT2D eigenvalue weighted by Gasteiger charge is 2.43. The monoisotopic (exact) mass is 623 g/mol. The zero-order chi connectivity index (χ0) is 31.6. The van der Waals surface area contributed by atoms with E-state index in [0.29, 0.717) is 24.0 Å². The van der Waals surface area contributed by atoms with Gasteiger partial charge in [-0.25, -0.2) is 4.21 Å². The standard InChI is InChI=1S/C36H37N3O5S/c37-45(44,31(19-23-11-3-1-4-12-23)35(42)38-33-27-17-9-7-15-25(27)21-29(33)40)32(20-24-13-5-2-6-14-24)36(43)39-34-28-18-10-8-16-26(28)22-30(34)41/h1-18,29-34,37,40-41H,19-22H2,(H,38,42)(H,39,43)/t29-,30-,31?,32?,33+,34+,45?/m1/s1. The highest BCUT2D eigenvalue weighted by molar-refractivity contribution is 7.95. The maximum atomic E-state index is 14.9. The molecule has 45 heavy (non-hydrogen) atoms. The van der Waals surface area contributed by atoms with Gasteiger partial charge in [-0.15, -0.1) is 0 Å². The van der Waals surface area contributed by atoms with Gasteiger partial charge in [0, 0.05) is 12.8 Å². The minimum Gasteiger partial charge on any atom is -0.390 e. The van der Waals surface area contributed by atoms with Gasteiger partial charge in [-0.05, 0) is 46.2 Å². The zero-order valence-corrected chi connectivity index (χ0v) is 25.5. The second kappa shape index (κ2) is 13.0. The van der Waals surface area contributed by atoms with E-state index in [1.165, 1.54) is 0 Å². The lowest BCUT2D eigenvalue weighted by molar-refractivity contribution is -0.122. The Kier molecular flexibility index (Phi) is 8.85. The molecular weight excluding hydrogens is 586 g/mol. The molecule has 6 atom stereocenters. The molecule has 0 radical (unpaired) electrons. The van der Waals surface area contributed by atoms with Gasteiger partial charge in [0.1, 0.15) is 10.5 Å². The minimum atomic E-state index is -4.02. The van der Waals surface area contributed by atoms with E-state index >= 15 is 0 Å². The number of aliphatic hydroxyl groups excluding tert-OH is 2. The van der Waals surface area contributed by atoms with Crippen LogP contribution >= 0.6 is 0 Å². The van der Waals surface area contributed by atoms with Crippen molar-refractivity contribution in [3.63, 3.8) is 0 Å². The Bertz CT molecular complexity index is 1660. The number of hydrogen-bond donors (Lipinski definition) is 5. The van der Waals surface area contributed by atoms with Crippen LogP contribution in [0.15, 0.2) is 109 Å². The zero-order valence-electron chi connectivity index (χ0n) is 24.7. The number of nitrogens with one attached hydrogen (secondary N) is 3. The Morgan fingerprint density at radius 2 is 1.00 bits per heavy atom. The molecule has 2 aliphatic carbocycles. The summed E-state index contributed by atoms with van der Waals surface area (Å²) in [5, 5.41) is 24.7. The molecule has 0 aliphatic heterocycles. The molecule has 0 saturated carbocycles. The lowest BCUT2D eigenvalue weighted by atomic mass is 10.1. The van der Waals surface area contributed by atoms with Crippen molar-refractivity contribution >= 4 is 21.5 Å². The molecule has 4 aromatic rings. The molecule has 2 unspecified atom stereocenters. The Hall–Kier alpha value is -4.31. The van der Waals surface area contributed by atoms with E-state index in [4.69, 9.17) is 0 Å². The predicted octanol–water partition coefficient (Wildman–Crippen LogP) is 3.80. The van der Waals surface area contributed by atoms with Crippen molar-refractivity contribution in [2.45, 2.75) is 60.5 Å². The van der Waals surface area contributed by atoms with Gasteiger partial charge in [0.15, 0.2) is 0 Å². The topological polar surface area (TPSA) is 140 Å². The third-order valence-electron chi connectivity index (χ3n) is 8.96. The first-order valence-corrected chi connectivity index (χ1v) is 16.9. The first-order chi connectivity index (χ1) is 21.7. The van der Waals surface area contributed by atoms with Crippen LogP contribution in [-0.4, -0.2) is 48.9 Å². The Morgan fingerprint density at radius 1 is 0.644 bits per heavy atom. The molecule has 6 rings (SSSR count). The molecule has 0 fully saturated rings. The van der Waals surface area contributed by atoms with E-state index in [2.05, 4.69) is 10.6 Å². The van der Waals surface area contributed by atoms with E-state index < -0.39 is 56.3 Å². The average Bonchev–Trinajstić information content (AvgIpc) is 3.53. The molecule has 0 heterocycles. The highest BCUT2D eigenvalue weighted by atomic mass is 32.2. The summed E-state index contributed by atoms with van der Waals surface area (Å²) >= 11 is 0. The number of benzene rings is 4. The van der Waals surface area contributed by atoms with Crippen LogP contribution < -0.4 is 10.6 Å². The highest BCUT2D eigenvalue weighted by Crippen LogP contribution is 2.34. The van der Waals surface area contributed by atoms with E-state index in [-0.39, 0.29) is 12.8 Å². The van der Waals surface area contributed by atoms with Crippen LogP contribution in [0.3, 0.4) is 0 Å². The number of amides is 2. The number of carbonyl (C=O) groups excluding carboxylic acids is 2. The smallest absolute Gasteiger partial charge is 0.237 e. The van der Waals surface area contributed by atoms with Crippen molar-refractivity contribution in [3.05, 3.63) is 143 Å². The Morgan fingerprint density at radius 3 is 1.40 bits per heavy atom. The molecule has 0 spiro atoms. The normalized spacial score (nSPS) is 22.8. The fourth-order valence-electron chi connectivity index (χ4n) is 6.59. The lowest BCUT2D eigenvalue weighted by Gasteiger charge is -2.29. The summed E-state index contributed by atoms with van der Waals surface area (Å²) < 4.78 is 24.3. The van der Waals surface area contributed by atoms with Gasteiger partial charge in [0.2, 0.25) is 11.8 Å². The summed E-state index contributed by atoms with van der Waals surface area (Å²) in [5.41, 5.74) is 4.78. The van der Waals surface area contributed by atoms with Gasteiger partial charge < -0.3 is 20.8 Å². The fraction of sp³-hybridized carbons (Fsp3) is 0.278. The quantitative estimate of drug-likeness (QED) is 0.183. The third kappa shape index (κ3) is 6.42. The summed E-state index contributed by atoms with van der Waals surface area (Å²) in [4.78, 5) is 28.3. The molecule has 0 saturated heterocycles. The molecule has 2 aliphatic rings. The van der Waals surface area contributed by atoms with E-state index in [1.54, 1.807) is 48.5 Å². The van der Waals surface area contributed by atoms with Crippen molar-refractivity contribution in [3.8, 4) is 0 Å². The number of aliphatic hydroxyl groups is 2. The lowest BCUT2D eigenvalue weighted by Crippen LogP contribution is -2.52. The maximum absolute atomic E-state index is 14.9. The van der Waals surface area contributed by atoms with E-state index in [0.717, 1.165) is 22.3 Å². The summed E-state index contributed by atoms with van der Waals surface area (Å²) in [6, 6.07) is 31.5. The van der Waals surface area contributed by atoms with Gasteiger partial charge in [-0.3, -0.25) is 14.4 Å². The number of hydrogen-bond acceptors (Lipinski definition) is 6.